The molecule has 0 bridgehead atoms. The van der Waals surface area contributed by atoms with Gasteiger partial charge in [-0.3, -0.25) is 4.90 Å². The molecule has 0 unspecified atom stereocenters. The van der Waals surface area contributed by atoms with E-state index in [9.17, 15) is 4.79 Å². The van der Waals surface area contributed by atoms with Crippen molar-refractivity contribution < 1.29 is 14.3 Å². The van der Waals surface area contributed by atoms with Crippen LogP contribution >= 0.6 is 0 Å². The van der Waals surface area contributed by atoms with Crippen molar-refractivity contribution in [1.82, 2.24) is 9.80 Å². The predicted molar refractivity (Wildman–Crippen MR) is 92.6 cm³/mol. The Labute approximate surface area is 141 Å². The Morgan fingerprint density at radius 2 is 1.79 bits per heavy atom. The Morgan fingerprint density at radius 3 is 2.54 bits per heavy atom. The number of ether oxygens (including phenoxy) is 1. The fourth-order valence-corrected chi connectivity index (χ4v) is 3.05. The minimum absolute atomic E-state index is 0.229. The Kier molecular flexibility index (Phi) is 5.85. The van der Waals surface area contributed by atoms with E-state index in [1.807, 2.05) is 18.2 Å². The van der Waals surface area contributed by atoms with Gasteiger partial charge in [-0.15, -0.1) is 0 Å². The van der Waals surface area contributed by atoms with Crippen molar-refractivity contribution in [3.05, 3.63) is 40.8 Å². The van der Waals surface area contributed by atoms with Gasteiger partial charge >= 0.3 is 5.63 Å². The molecule has 1 aromatic heterocycles. The van der Waals surface area contributed by atoms with Crippen molar-refractivity contribution in [2.24, 2.45) is 0 Å². The molecule has 6 nitrogen and oxygen atoms in total. The van der Waals surface area contributed by atoms with Crippen LogP contribution in [0.4, 0.5) is 0 Å². The van der Waals surface area contributed by atoms with Gasteiger partial charge in [-0.05, 0) is 18.6 Å². The van der Waals surface area contributed by atoms with Crippen molar-refractivity contribution in [3.63, 3.8) is 0 Å². The Balaban J connectivity index is 1.47. The molecule has 24 heavy (non-hydrogen) atoms. The molecule has 2 heterocycles. The quantitative estimate of drug-likeness (QED) is 0.606. The van der Waals surface area contributed by atoms with Gasteiger partial charge in [0.2, 0.25) is 0 Å². The van der Waals surface area contributed by atoms with E-state index in [0.717, 1.165) is 51.1 Å². The number of hydrogen-bond acceptors (Lipinski definition) is 6. The molecular weight excluding hydrogens is 308 g/mol. The summed E-state index contributed by atoms with van der Waals surface area (Å²) in [5.74, 6) is 0.592. The lowest BCUT2D eigenvalue weighted by atomic mass is 10.2. The molecule has 1 aromatic carbocycles. The van der Waals surface area contributed by atoms with Crippen LogP contribution in [0.25, 0.3) is 11.0 Å². The number of nitrogens with zero attached hydrogens (tertiary/aromatic N) is 2. The second-order valence-corrected chi connectivity index (χ2v) is 6.03. The summed E-state index contributed by atoms with van der Waals surface area (Å²) in [6.07, 6.45) is 0.911. The zero-order valence-electron chi connectivity index (χ0n) is 13.8. The number of para-hydroxylation sites is 1. The van der Waals surface area contributed by atoms with Gasteiger partial charge in [-0.1, -0.05) is 12.1 Å². The minimum atomic E-state index is -0.385. The molecule has 1 fully saturated rings. The summed E-state index contributed by atoms with van der Waals surface area (Å²) in [7, 11) is 0. The predicted octanol–water partition coefficient (Wildman–Crippen LogP) is 1.17. The van der Waals surface area contributed by atoms with E-state index in [1.54, 1.807) is 6.07 Å². The summed E-state index contributed by atoms with van der Waals surface area (Å²) in [6, 6.07) is 8.83. The lowest BCUT2D eigenvalue weighted by molar-refractivity contribution is 0.108. The molecule has 6 heteroatoms. The van der Waals surface area contributed by atoms with Crippen LogP contribution in [0.1, 0.15) is 6.42 Å². The third kappa shape index (κ3) is 4.35. The molecule has 0 spiro atoms. The van der Waals surface area contributed by atoms with Gasteiger partial charge in [0.05, 0.1) is 24.7 Å². The Morgan fingerprint density at radius 1 is 1.08 bits per heavy atom. The summed E-state index contributed by atoms with van der Waals surface area (Å²) in [4.78, 5) is 16.3. The van der Waals surface area contributed by atoms with Gasteiger partial charge < -0.3 is 19.2 Å². The van der Waals surface area contributed by atoms with E-state index in [1.165, 1.54) is 6.07 Å². The SMILES string of the molecule is O=c1cc(OCCCN2CCN(CCO)CC2)c2ccccc2o1. The molecule has 130 valence electrons. The van der Waals surface area contributed by atoms with Gasteiger partial charge in [-0.2, -0.15) is 0 Å². The monoisotopic (exact) mass is 332 g/mol. The summed E-state index contributed by atoms with van der Waals surface area (Å²) in [5, 5.41) is 9.79. The fourth-order valence-electron chi connectivity index (χ4n) is 3.05. The van der Waals surface area contributed by atoms with Crippen LogP contribution in [-0.4, -0.2) is 67.4 Å². The molecule has 3 rings (SSSR count). The maximum Gasteiger partial charge on any atom is 0.339 e. The van der Waals surface area contributed by atoms with Crippen LogP contribution < -0.4 is 10.4 Å². The van der Waals surface area contributed by atoms with Gasteiger partial charge in [0, 0.05) is 39.3 Å². The highest BCUT2D eigenvalue weighted by molar-refractivity contribution is 5.82. The molecule has 0 atom stereocenters. The number of piperazine rings is 1. The lowest BCUT2D eigenvalue weighted by Crippen LogP contribution is -2.47. The first-order valence-corrected chi connectivity index (χ1v) is 8.47. The topological polar surface area (TPSA) is 66.2 Å². The first-order chi connectivity index (χ1) is 11.8. The van der Waals surface area contributed by atoms with E-state index in [0.29, 0.717) is 17.9 Å². The molecular formula is C18H24N2O4. The number of aliphatic hydroxyl groups is 1. The van der Waals surface area contributed by atoms with E-state index in [2.05, 4.69) is 9.80 Å². The zero-order chi connectivity index (χ0) is 16.8. The van der Waals surface area contributed by atoms with E-state index < -0.39 is 0 Å². The molecule has 0 amide bonds. The van der Waals surface area contributed by atoms with Crippen molar-refractivity contribution >= 4 is 11.0 Å². The first-order valence-electron chi connectivity index (χ1n) is 8.47. The largest absolute Gasteiger partial charge is 0.492 e. The van der Waals surface area contributed by atoms with Crippen LogP contribution in [-0.2, 0) is 0 Å². The summed E-state index contributed by atoms with van der Waals surface area (Å²) in [5.41, 5.74) is 0.170. The maximum absolute atomic E-state index is 11.6. The molecule has 2 aromatic rings. The first kappa shape index (κ1) is 17.0. The minimum Gasteiger partial charge on any atom is -0.492 e. The second kappa shape index (κ2) is 8.28. The van der Waals surface area contributed by atoms with Crippen LogP contribution in [0.5, 0.6) is 5.75 Å². The normalized spacial score (nSPS) is 16.5. The number of benzene rings is 1. The molecule has 1 saturated heterocycles. The highest BCUT2D eigenvalue weighted by Gasteiger charge is 2.15. The summed E-state index contributed by atoms with van der Waals surface area (Å²) >= 11 is 0. The molecule has 0 aliphatic carbocycles. The standard InChI is InChI=1S/C18H24N2O4/c21-12-11-20-9-7-19(8-10-20)6-3-13-23-17-14-18(22)24-16-5-2-1-4-15(16)17/h1-2,4-5,14,21H,3,6-13H2. The molecule has 1 aliphatic rings. The number of hydrogen-bond donors (Lipinski definition) is 1. The highest BCUT2D eigenvalue weighted by atomic mass is 16.5. The fraction of sp³-hybridized carbons (Fsp3) is 0.500. The third-order valence-corrected chi connectivity index (χ3v) is 4.37. The van der Waals surface area contributed by atoms with Crippen molar-refractivity contribution in [2.45, 2.75) is 6.42 Å². The van der Waals surface area contributed by atoms with Crippen molar-refractivity contribution in [2.75, 3.05) is 52.5 Å². The van der Waals surface area contributed by atoms with Crippen LogP contribution in [0.2, 0.25) is 0 Å². The highest BCUT2D eigenvalue weighted by Crippen LogP contribution is 2.23. The van der Waals surface area contributed by atoms with Gasteiger partial charge in [0.25, 0.3) is 0 Å². The third-order valence-electron chi connectivity index (χ3n) is 4.37. The zero-order valence-corrected chi connectivity index (χ0v) is 13.8. The van der Waals surface area contributed by atoms with Crippen LogP contribution in [0.3, 0.4) is 0 Å². The molecule has 0 radical (unpaired) electrons. The molecule has 0 saturated carbocycles. The van der Waals surface area contributed by atoms with Crippen molar-refractivity contribution in [1.29, 1.82) is 0 Å². The Bertz CT molecular complexity index is 707. The van der Waals surface area contributed by atoms with Crippen molar-refractivity contribution in [3.8, 4) is 5.75 Å². The second-order valence-electron chi connectivity index (χ2n) is 6.03. The van der Waals surface area contributed by atoms with E-state index in [-0.39, 0.29) is 12.2 Å². The van der Waals surface area contributed by atoms with E-state index >= 15 is 0 Å². The Hall–Kier alpha value is -1.89. The number of fused-ring (bicyclic) bond motifs is 1. The number of rotatable bonds is 7. The summed E-state index contributed by atoms with van der Waals surface area (Å²) < 4.78 is 11.0. The smallest absolute Gasteiger partial charge is 0.339 e. The molecule has 1 aliphatic heterocycles. The average Bonchev–Trinajstić information content (AvgIpc) is 2.60. The number of β-amino-alcohol motifs (C(OH)–C–C–N with tert-alkyl or cyclic N) is 1. The molecule has 1 N–H and O–H groups in total. The maximum atomic E-state index is 11.6. The lowest BCUT2D eigenvalue weighted by Gasteiger charge is -2.34. The van der Waals surface area contributed by atoms with Gasteiger partial charge in [0.15, 0.2) is 0 Å². The van der Waals surface area contributed by atoms with Gasteiger partial charge in [0.1, 0.15) is 11.3 Å². The number of aliphatic hydroxyl groups excluding tert-OH is 1. The summed E-state index contributed by atoms with van der Waals surface area (Å²) in [6.45, 7) is 6.61. The van der Waals surface area contributed by atoms with E-state index in [4.69, 9.17) is 14.3 Å². The average molecular weight is 332 g/mol. The van der Waals surface area contributed by atoms with Gasteiger partial charge in [-0.25, -0.2) is 4.79 Å². The van der Waals surface area contributed by atoms with Crippen LogP contribution in [0, 0.1) is 0 Å². The van der Waals surface area contributed by atoms with Crippen LogP contribution in [0.15, 0.2) is 39.5 Å².